The van der Waals surface area contributed by atoms with Crippen molar-refractivity contribution in [3.05, 3.63) is 22.8 Å². The third-order valence-corrected chi connectivity index (χ3v) is 6.20. The van der Waals surface area contributed by atoms with Crippen LogP contribution in [0.25, 0.3) is 0 Å². The number of amides is 2. The topological polar surface area (TPSA) is 119 Å². The van der Waals surface area contributed by atoms with Crippen LogP contribution in [0.15, 0.2) is 0 Å². The van der Waals surface area contributed by atoms with Crippen LogP contribution in [-0.2, 0) is 29.4 Å². The van der Waals surface area contributed by atoms with Gasteiger partial charge in [-0.05, 0) is 6.42 Å². The van der Waals surface area contributed by atoms with E-state index in [1.807, 2.05) is 0 Å². The maximum absolute atomic E-state index is 13.8. The van der Waals surface area contributed by atoms with Gasteiger partial charge in [0.1, 0.15) is 12.1 Å². The number of nitrogens with one attached hydrogen (secondary N) is 1. The molecule has 0 bridgehead atoms. The van der Waals surface area contributed by atoms with E-state index in [1.54, 1.807) is 20.8 Å². The molecule has 3 rings (SSSR count). The Balaban J connectivity index is 1.79. The predicted molar refractivity (Wildman–Crippen MR) is 116 cm³/mol. The molecule has 9 nitrogen and oxygen atoms in total. The number of rotatable bonds is 6. The highest BCUT2D eigenvalue weighted by Crippen LogP contribution is 2.36. The summed E-state index contributed by atoms with van der Waals surface area (Å²) in [6, 6.07) is -1.09. The SMILES string of the molecule is CC(C)(C)c1nc2c(c(C(F)(F)F)n1)CCN(C(O)C[C@@H](CN1CC(F)(F)CCC1=O)NC(=O)O)C2. The fourth-order valence-corrected chi connectivity index (χ4v) is 4.36. The lowest BCUT2D eigenvalue weighted by Crippen LogP contribution is -2.54. The Bertz CT molecular complexity index is 998. The van der Waals surface area contributed by atoms with E-state index in [0.29, 0.717) is 0 Å². The van der Waals surface area contributed by atoms with Crippen molar-refractivity contribution in [2.45, 2.75) is 82.8 Å². The number of aliphatic hydroxyl groups excluding tert-OH is 1. The first kappa shape index (κ1) is 28.0. The molecule has 1 fully saturated rings. The minimum atomic E-state index is -4.69. The van der Waals surface area contributed by atoms with E-state index < -0.39 is 60.4 Å². The van der Waals surface area contributed by atoms with Crippen molar-refractivity contribution in [2.24, 2.45) is 0 Å². The van der Waals surface area contributed by atoms with Gasteiger partial charge in [0.05, 0.1) is 18.3 Å². The number of hydrogen-bond acceptors (Lipinski definition) is 6. The molecule has 2 aliphatic rings. The first-order chi connectivity index (χ1) is 16.5. The molecule has 0 saturated carbocycles. The fourth-order valence-electron chi connectivity index (χ4n) is 4.36. The smallest absolute Gasteiger partial charge is 0.433 e. The maximum Gasteiger partial charge on any atom is 0.433 e. The summed E-state index contributed by atoms with van der Waals surface area (Å²) in [6.45, 7) is 3.66. The summed E-state index contributed by atoms with van der Waals surface area (Å²) in [5, 5.41) is 22.1. The Morgan fingerprint density at radius 3 is 2.44 bits per heavy atom. The number of likely N-dealkylation sites (tertiary alicyclic amines) is 1. The first-order valence-corrected chi connectivity index (χ1v) is 11.5. The van der Waals surface area contributed by atoms with Crippen molar-refractivity contribution in [3.63, 3.8) is 0 Å². The van der Waals surface area contributed by atoms with Gasteiger partial charge in [-0.25, -0.2) is 23.5 Å². The number of hydrogen-bond donors (Lipinski definition) is 3. The van der Waals surface area contributed by atoms with Crippen LogP contribution in [0.1, 0.15) is 62.8 Å². The number of aromatic nitrogens is 2. The molecule has 2 amide bonds. The van der Waals surface area contributed by atoms with E-state index in [1.165, 1.54) is 4.90 Å². The van der Waals surface area contributed by atoms with E-state index in [2.05, 4.69) is 15.3 Å². The lowest BCUT2D eigenvalue weighted by molar-refractivity contribution is -0.148. The predicted octanol–water partition coefficient (Wildman–Crippen LogP) is 2.75. The minimum Gasteiger partial charge on any atom is -0.465 e. The Hall–Kier alpha value is -2.61. The molecule has 1 saturated heterocycles. The van der Waals surface area contributed by atoms with Gasteiger partial charge < -0.3 is 20.4 Å². The van der Waals surface area contributed by atoms with Gasteiger partial charge in [-0.15, -0.1) is 0 Å². The van der Waals surface area contributed by atoms with Crippen LogP contribution in [0.5, 0.6) is 0 Å². The molecule has 2 aliphatic heterocycles. The number of nitrogens with zero attached hydrogens (tertiary/aromatic N) is 4. The number of carboxylic acid groups (broad SMARTS) is 1. The highest BCUT2D eigenvalue weighted by Gasteiger charge is 2.42. The summed E-state index contributed by atoms with van der Waals surface area (Å²) in [7, 11) is 0. The molecule has 0 spiro atoms. The molecule has 1 unspecified atom stereocenters. The molecule has 1 aromatic rings. The van der Waals surface area contributed by atoms with Crippen LogP contribution in [0, 0.1) is 0 Å². The molecular weight excluding hydrogens is 493 g/mol. The van der Waals surface area contributed by atoms with Gasteiger partial charge in [0.2, 0.25) is 5.91 Å². The number of carbonyl (C=O) groups excluding carboxylic acids is 1. The summed E-state index contributed by atoms with van der Waals surface area (Å²) in [4.78, 5) is 33.8. The first-order valence-electron chi connectivity index (χ1n) is 11.5. The number of aliphatic hydroxyl groups is 1. The zero-order valence-electron chi connectivity index (χ0n) is 20.2. The van der Waals surface area contributed by atoms with Crippen molar-refractivity contribution < 1.29 is 41.8 Å². The maximum atomic E-state index is 13.8. The van der Waals surface area contributed by atoms with Crippen molar-refractivity contribution >= 4 is 12.0 Å². The van der Waals surface area contributed by atoms with Gasteiger partial charge in [0, 0.05) is 49.9 Å². The lowest BCUT2D eigenvalue weighted by Gasteiger charge is -2.37. The molecule has 1 aromatic heterocycles. The van der Waals surface area contributed by atoms with Crippen molar-refractivity contribution in [3.8, 4) is 0 Å². The third-order valence-electron chi connectivity index (χ3n) is 6.20. The average molecular weight is 524 g/mol. The Morgan fingerprint density at radius 2 is 1.86 bits per heavy atom. The van der Waals surface area contributed by atoms with Gasteiger partial charge in [0.25, 0.3) is 5.92 Å². The number of alkyl halides is 5. The molecular formula is C22H30F5N5O4. The molecule has 0 aliphatic carbocycles. The Morgan fingerprint density at radius 1 is 1.19 bits per heavy atom. The second-order valence-corrected chi connectivity index (χ2v) is 10.3. The number of fused-ring (bicyclic) bond motifs is 1. The monoisotopic (exact) mass is 523 g/mol. The summed E-state index contributed by atoms with van der Waals surface area (Å²) < 4.78 is 68.7. The zero-order chi connectivity index (χ0) is 27.1. The second kappa shape index (κ2) is 10.0. The summed E-state index contributed by atoms with van der Waals surface area (Å²) in [6.07, 6.45) is -8.83. The summed E-state index contributed by atoms with van der Waals surface area (Å²) in [5.74, 6) is -3.65. The molecule has 202 valence electrons. The fraction of sp³-hybridized carbons (Fsp3) is 0.727. The zero-order valence-corrected chi connectivity index (χ0v) is 20.2. The number of piperidine rings is 1. The average Bonchev–Trinajstić information content (AvgIpc) is 2.73. The minimum absolute atomic E-state index is 0.000116. The van der Waals surface area contributed by atoms with E-state index in [4.69, 9.17) is 5.11 Å². The normalized spacial score (nSPS) is 20.6. The molecule has 36 heavy (non-hydrogen) atoms. The van der Waals surface area contributed by atoms with Crippen molar-refractivity contribution in [1.29, 1.82) is 0 Å². The van der Waals surface area contributed by atoms with Crippen molar-refractivity contribution in [1.82, 2.24) is 25.1 Å². The van der Waals surface area contributed by atoms with E-state index in [9.17, 15) is 36.6 Å². The highest BCUT2D eigenvalue weighted by atomic mass is 19.4. The molecule has 3 N–H and O–H groups in total. The van der Waals surface area contributed by atoms with Crippen LogP contribution >= 0.6 is 0 Å². The van der Waals surface area contributed by atoms with Gasteiger partial charge >= 0.3 is 12.3 Å². The van der Waals surface area contributed by atoms with Gasteiger partial charge in [0.15, 0.2) is 5.69 Å². The van der Waals surface area contributed by atoms with Gasteiger partial charge in [-0.1, -0.05) is 20.8 Å². The standard InChI is InChI=1S/C22H30F5N5O4/c1-20(2,3)18-29-14-10-31(7-5-13(14)17(30-18)22(25,26)27)16(34)8-12(28-19(35)36)9-32-11-21(23,24)6-4-15(32)33/h12,16,28,34H,4-11H2,1-3H3,(H,35,36)/t12-,16?/m0/s1. The molecule has 14 heteroatoms. The van der Waals surface area contributed by atoms with Gasteiger partial charge in [-0.3, -0.25) is 9.69 Å². The number of halogens is 5. The van der Waals surface area contributed by atoms with Crippen molar-refractivity contribution in [2.75, 3.05) is 19.6 Å². The van der Waals surface area contributed by atoms with Crippen LogP contribution in [0.3, 0.4) is 0 Å². The van der Waals surface area contributed by atoms with Crippen LogP contribution in [0.4, 0.5) is 26.7 Å². The summed E-state index contributed by atoms with van der Waals surface area (Å²) in [5.41, 5.74) is -1.72. The highest BCUT2D eigenvalue weighted by molar-refractivity contribution is 5.77. The lowest BCUT2D eigenvalue weighted by atomic mass is 9.93. The van der Waals surface area contributed by atoms with Crippen LogP contribution in [0.2, 0.25) is 0 Å². The second-order valence-electron chi connectivity index (χ2n) is 10.3. The van der Waals surface area contributed by atoms with E-state index >= 15 is 0 Å². The van der Waals surface area contributed by atoms with E-state index in [-0.39, 0.29) is 56.0 Å². The van der Waals surface area contributed by atoms with Crippen LogP contribution in [-0.4, -0.2) is 79.8 Å². The molecule has 0 aromatic carbocycles. The Kier molecular flexibility index (Phi) is 7.80. The molecule has 3 heterocycles. The molecule has 0 radical (unpaired) electrons. The van der Waals surface area contributed by atoms with E-state index in [0.717, 1.165) is 4.90 Å². The largest absolute Gasteiger partial charge is 0.465 e. The molecule has 2 atom stereocenters. The van der Waals surface area contributed by atoms with Gasteiger partial charge in [-0.2, -0.15) is 13.2 Å². The number of carbonyl (C=O) groups is 2. The van der Waals surface area contributed by atoms with Crippen LogP contribution < -0.4 is 5.32 Å². The quantitative estimate of drug-likeness (QED) is 0.491. The summed E-state index contributed by atoms with van der Waals surface area (Å²) >= 11 is 0. The third kappa shape index (κ3) is 6.78. The Labute approximate surface area is 204 Å².